The van der Waals surface area contributed by atoms with Gasteiger partial charge >= 0.3 is 0 Å². The highest BCUT2D eigenvalue weighted by atomic mass is 14.9. The second kappa shape index (κ2) is 29.5. The fraction of sp³-hybridized carbons (Fsp3) is 0.323. The molecule has 0 radical (unpaired) electrons. The predicted octanol–water partition coefficient (Wildman–Crippen LogP) is 32.8. The van der Waals surface area contributed by atoms with Crippen molar-refractivity contribution in [3.05, 3.63) is 320 Å². The predicted molar refractivity (Wildman–Crippen MR) is 556 cm³/mol. The molecule has 16 aliphatic rings. The molecule has 8 nitrogen and oxygen atoms in total. The molecule has 4 aliphatic heterocycles. The first-order chi connectivity index (χ1) is 63.2. The van der Waals surface area contributed by atoms with E-state index in [1.165, 1.54) is 111 Å². The Labute approximate surface area is 778 Å². The van der Waals surface area contributed by atoms with Crippen molar-refractivity contribution in [1.29, 1.82) is 0 Å². The molecular weight excluding hydrogens is 1600 g/mol. The van der Waals surface area contributed by atoms with Crippen molar-refractivity contribution in [2.45, 2.75) is 232 Å². The van der Waals surface area contributed by atoms with Crippen LogP contribution in [-0.4, -0.2) is 39.9 Å². The summed E-state index contributed by atoms with van der Waals surface area (Å²) < 4.78 is 0. The van der Waals surface area contributed by atoms with Crippen molar-refractivity contribution in [2.75, 3.05) is 0 Å². The van der Waals surface area contributed by atoms with Crippen LogP contribution >= 0.6 is 0 Å². The molecule has 8 atom stereocenters. The Bertz CT molecular complexity index is 7130. The summed E-state index contributed by atoms with van der Waals surface area (Å²) >= 11 is 0. The first-order valence-corrected chi connectivity index (χ1v) is 49.2. The summed E-state index contributed by atoms with van der Waals surface area (Å²) in [5.74, 6) is 1.33. The quantitative estimate of drug-likeness (QED) is 0.119. The molecule has 0 saturated carbocycles. The van der Waals surface area contributed by atoms with Gasteiger partial charge in [0.1, 0.15) is 0 Å². The Kier molecular flexibility index (Phi) is 18.5. The van der Waals surface area contributed by atoms with Crippen LogP contribution in [0.1, 0.15) is 301 Å². The van der Waals surface area contributed by atoms with Gasteiger partial charge in [-0.1, -0.05) is 319 Å². The Morgan fingerprint density at radius 1 is 0.197 bits per heavy atom. The number of rotatable bonds is 7. The van der Waals surface area contributed by atoms with Crippen LogP contribution in [0.4, 0.5) is 0 Å². The van der Waals surface area contributed by atoms with Crippen molar-refractivity contribution < 1.29 is 0 Å². The normalized spacial score (nSPS) is 20.8. The second-order valence-corrected chi connectivity index (χ2v) is 46.3. The fourth-order valence-corrected chi connectivity index (χ4v) is 24.6. The maximum Gasteiger partial charge on any atom is 0.0778 e. The van der Waals surface area contributed by atoms with Gasteiger partial charge in [0, 0.05) is 114 Å². The molecular formula is C124H122N8. The van der Waals surface area contributed by atoms with E-state index in [0.717, 1.165) is 186 Å². The Hall–Kier alpha value is -12.5. The third-order valence-electron chi connectivity index (χ3n) is 31.8. The highest BCUT2D eigenvalue weighted by molar-refractivity contribution is 6.13. The highest BCUT2D eigenvalue weighted by Gasteiger charge is 2.46. The van der Waals surface area contributed by atoms with Crippen molar-refractivity contribution in [3.63, 3.8) is 0 Å². The van der Waals surface area contributed by atoms with E-state index in [-0.39, 0.29) is 79.8 Å². The highest BCUT2D eigenvalue weighted by Crippen LogP contribution is 2.62. The lowest BCUT2D eigenvalue weighted by atomic mass is 9.69. The summed E-state index contributed by atoms with van der Waals surface area (Å²) in [6.07, 6.45) is 38.1. The van der Waals surface area contributed by atoms with Gasteiger partial charge in [-0.2, -0.15) is 0 Å². The molecule has 10 heterocycles. The molecule has 4 N–H and O–H groups in total. The van der Waals surface area contributed by atoms with E-state index in [1.807, 2.05) is 0 Å². The van der Waals surface area contributed by atoms with Crippen molar-refractivity contribution in [1.82, 2.24) is 39.9 Å². The number of hydrogen-bond donors (Lipinski definition) is 4. The van der Waals surface area contributed by atoms with Crippen LogP contribution in [0.15, 0.2) is 218 Å². The van der Waals surface area contributed by atoms with Crippen molar-refractivity contribution in [3.8, 4) is 77.9 Å². The minimum absolute atomic E-state index is 0.0583. The van der Waals surface area contributed by atoms with Crippen LogP contribution < -0.4 is 0 Å². The van der Waals surface area contributed by atoms with E-state index in [9.17, 15) is 0 Å². The van der Waals surface area contributed by atoms with E-state index in [0.29, 0.717) is 0 Å². The molecule has 658 valence electrons. The number of nitrogens with one attached hydrogen (secondary N) is 4. The average molecular weight is 1720 g/mol. The molecule has 8 unspecified atom stereocenters. The van der Waals surface area contributed by atoms with Crippen LogP contribution in [0, 0.1) is 23.7 Å². The lowest BCUT2D eigenvalue weighted by Gasteiger charge is -2.34. The van der Waals surface area contributed by atoms with Gasteiger partial charge in [-0.05, 0) is 244 Å². The number of allylic oxidation sites excluding steroid dienone is 12. The maximum atomic E-state index is 6.51. The van der Waals surface area contributed by atoms with Gasteiger partial charge < -0.3 is 19.9 Å². The van der Waals surface area contributed by atoms with Crippen molar-refractivity contribution >= 4 is 90.7 Å². The Morgan fingerprint density at radius 3 is 0.614 bits per heavy atom. The summed E-state index contributed by atoms with van der Waals surface area (Å²) in [7, 11) is 0. The fourth-order valence-electron chi connectivity index (χ4n) is 24.6. The molecule has 0 spiro atoms. The molecule has 12 aliphatic carbocycles. The van der Waals surface area contributed by atoms with Crippen LogP contribution in [0.5, 0.6) is 0 Å². The smallest absolute Gasteiger partial charge is 0.0778 e. The topological polar surface area (TPSA) is 115 Å². The lowest BCUT2D eigenvalue weighted by molar-refractivity contribution is 0.558. The Morgan fingerprint density at radius 2 is 0.386 bits per heavy atom. The van der Waals surface area contributed by atoms with E-state index in [1.54, 1.807) is 0 Å². The van der Waals surface area contributed by atoms with Gasteiger partial charge in [0.25, 0.3) is 0 Å². The summed E-state index contributed by atoms with van der Waals surface area (Å²) in [6, 6.07) is 66.8. The zero-order valence-corrected chi connectivity index (χ0v) is 80.2. The zero-order chi connectivity index (χ0) is 90.6. The van der Waals surface area contributed by atoms with Gasteiger partial charge in [0.05, 0.1) is 67.6 Å². The number of aromatic amines is 4. The summed E-state index contributed by atoms with van der Waals surface area (Å²) in [5.41, 5.74) is 49.6. The van der Waals surface area contributed by atoms with E-state index >= 15 is 0 Å². The van der Waals surface area contributed by atoms with Gasteiger partial charge in [0.2, 0.25) is 0 Å². The standard InChI is InChI=1S/C124H122N8/c1-119(2,3)81-47-35-67(36-48-81)95-87-59-63-91(125-87)109(92-64-60-88(126-92)96(68-37-49-82(50-38-68)120(4,5)6)112-100-72-21-29-76(30-22-72)104(100)116(130-112)107(79-43-55-85(56-44-79)123(13,14)15)115-103-75-27-19-71(20-28-75)99(103)111(95)129-115)110-93-65-61-89(127-93)97(69-39-51-83(52-40-69)121(7,8)9)113-101-73-23-31-77(32-24-73)105(101)117(131-113)108(80-45-57-86(58-46-80)124(16,17)18)118-106-78-33-25-74(26-34-78)102(106)114(132-118)98(90-62-66-94(110)128-90)70-41-53-84(54-42-70)122(10,11)12/h19,21,23,25,27,29,31,33,35-66,71-78,125,127,130,132H,20,22,24,26,28,30,32,34H2,1-18H3. The molecule has 0 fully saturated rings. The molecule has 132 heavy (non-hydrogen) atoms. The minimum Gasteiger partial charge on any atom is -0.354 e. The van der Waals surface area contributed by atoms with E-state index in [4.69, 9.17) is 19.9 Å². The average Bonchev–Trinajstić information content (AvgIpc) is 1.55. The second-order valence-electron chi connectivity index (χ2n) is 46.3. The van der Waals surface area contributed by atoms with Gasteiger partial charge in [-0.25, -0.2) is 19.9 Å². The number of aromatic nitrogens is 8. The number of hydrogen-bond acceptors (Lipinski definition) is 4. The number of nitrogens with zero attached hydrogens (tertiary/aromatic N) is 4. The number of benzene rings is 6. The molecule has 0 saturated heterocycles. The van der Waals surface area contributed by atoms with Crippen molar-refractivity contribution in [2.24, 2.45) is 23.7 Å². The van der Waals surface area contributed by atoms with Crippen LogP contribution in [-0.2, 0) is 32.5 Å². The van der Waals surface area contributed by atoms with E-state index in [2.05, 4.69) is 387 Å². The molecule has 28 rings (SSSR count). The molecule has 6 aromatic carbocycles. The van der Waals surface area contributed by atoms with Gasteiger partial charge in [-0.15, -0.1) is 0 Å². The summed E-state index contributed by atoms with van der Waals surface area (Å²) in [6.45, 7) is 41.9. The zero-order valence-electron chi connectivity index (χ0n) is 80.2. The third kappa shape index (κ3) is 13.2. The largest absolute Gasteiger partial charge is 0.354 e. The summed E-state index contributed by atoms with van der Waals surface area (Å²) in [5, 5.41) is 0. The third-order valence-corrected chi connectivity index (χ3v) is 31.8. The molecule has 24 bridgehead atoms. The van der Waals surface area contributed by atoms with Gasteiger partial charge in [0.15, 0.2) is 0 Å². The molecule has 8 heteroatoms. The first kappa shape index (κ1) is 82.6. The summed E-state index contributed by atoms with van der Waals surface area (Å²) in [4.78, 5) is 43.7. The number of fused-ring (bicyclic) bond motifs is 20. The van der Waals surface area contributed by atoms with E-state index < -0.39 is 0 Å². The van der Waals surface area contributed by atoms with Gasteiger partial charge in [-0.3, -0.25) is 0 Å². The lowest BCUT2D eigenvalue weighted by Crippen LogP contribution is -2.19. The minimum atomic E-state index is -0.0874. The first-order valence-electron chi connectivity index (χ1n) is 49.2. The van der Waals surface area contributed by atoms with Crippen LogP contribution in [0.25, 0.3) is 169 Å². The van der Waals surface area contributed by atoms with Crippen LogP contribution in [0.2, 0.25) is 0 Å². The monoisotopic (exact) mass is 1720 g/mol. The SMILES string of the molecule is CC(C)(C)c1ccc(-c2c3nc(c(-c4ccc(C(C)(C)C)cc4)c4[nH]c(c(-c5ccc(C(C)(C)C)cc5)c5nc(c(-c6c7nc(c(-c8ccc(C(C)(C)C)cc8)c8[nH]c(c(-c9ccc(C(C)(C)C)cc9)c9nc(c(-c%10ccc(C(C)(C)C)cc%10)c%10ccc6[nH]%10)C6=C9C9C=CC6CC9)c6c8C8C=CC6CC8)C=C7)c6ccc2[nH]6)C=C5)c2c4C4C=CC2CC4)C2=C3C3C=CC2CC3)cc1. The maximum absolute atomic E-state index is 6.51. The van der Waals surface area contributed by atoms with Crippen LogP contribution in [0.3, 0.4) is 0 Å². The molecule has 6 aromatic heterocycles. The molecule has 0 amide bonds. The molecule has 12 aromatic rings. The number of H-pyrrole nitrogens is 4. The Balaban J connectivity index is 0.906.